The molecular formula is C12H10F2N2. The van der Waals surface area contributed by atoms with Crippen LogP contribution in [0.5, 0.6) is 0 Å². The first kappa shape index (κ1) is 10.6. The van der Waals surface area contributed by atoms with Crippen LogP contribution in [0, 0.1) is 23.0 Å². The van der Waals surface area contributed by atoms with E-state index in [4.69, 9.17) is 5.26 Å². The zero-order chi connectivity index (χ0) is 11.5. The van der Waals surface area contributed by atoms with Gasteiger partial charge in [-0.25, -0.2) is 8.78 Å². The number of nitrogens with one attached hydrogen (secondary N) is 1. The van der Waals surface area contributed by atoms with Gasteiger partial charge in [-0.05, 0) is 25.0 Å². The summed E-state index contributed by atoms with van der Waals surface area (Å²) in [6.07, 6.45) is 5.46. The van der Waals surface area contributed by atoms with Crippen molar-refractivity contribution in [1.29, 1.82) is 5.26 Å². The summed E-state index contributed by atoms with van der Waals surface area (Å²) in [6, 6.07) is 3.82. The molecule has 1 N–H and O–H groups in total. The van der Waals surface area contributed by atoms with Crippen LogP contribution < -0.4 is 5.32 Å². The number of nitrogens with zero attached hydrogens (tertiary/aromatic N) is 1. The van der Waals surface area contributed by atoms with Crippen molar-refractivity contribution in [2.24, 2.45) is 0 Å². The van der Waals surface area contributed by atoms with E-state index >= 15 is 0 Å². The first-order valence-corrected chi connectivity index (χ1v) is 5.01. The molecule has 0 spiro atoms. The van der Waals surface area contributed by atoms with E-state index in [1.165, 1.54) is 0 Å². The monoisotopic (exact) mass is 220 g/mol. The van der Waals surface area contributed by atoms with Crippen molar-refractivity contribution in [3.63, 3.8) is 0 Å². The van der Waals surface area contributed by atoms with Crippen molar-refractivity contribution in [3.05, 3.63) is 41.5 Å². The van der Waals surface area contributed by atoms with Crippen LogP contribution in [0.2, 0.25) is 0 Å². The van der Waals surface area contributed by atoms with Gasteiger partial charge in [0.1, 0.15) is 5.69 Å². The molecule has 0 unspecified atom stereocenters. The SMILES string of the molecule is N#Cc1cc(F)c(NC2CC=CC2)c(F)c1. The molecule has 0 bridgehead atoms. The van der Waals surface area contributed by atoms with Gasteiger partial charge in [-0.2, -0.15) is 5.26 Å². The Morgan fingerprint density at radius 2 is 1.75 bits per heavy atom. The summed E-state index contributed by atoms with van der Waals surface area (Å²) in [5, 5.41) is 11.4. The van der Waals surface area contributed by atoms with E-state index in [2.05, 4.69) is 5.32 Å². The van der Waals surface area contributed by atoms with Crippen LogP contribution in [-0.4, -0.2) is 6.04 Å². The van der Waals surface area contributed by atoms with Gasteiger partial charge in [0, 0.05) is 6.04 Å². The summed E-state index contributed by atoms with van der Waals surface area (Å²) in [4.78, 5) is 0. The fourth-order valence-corrected chi connectivity index (χ4v) is 1.71. The fraction of sp³-hybridized carbons (Fsp3) is 0.250. The van der Waals surface area contributed by atoms with E-state index in [0.717, 1.165) is 25.0 Å². The number of benzene rings is 1. The number of nitriles is 1. The molecule has 0 saturated heterocycles. The largest absolute Gasteiger partial charge is 0.377 e. The highest BCUT2D eigenvalue weighted by atomic mass is 19.1. The van der Waals surface area contributed by atoms with Crippen LogP contribution >= 0.6 is 0 Å². The van der Waals surface area contributed by atoms with Gasteiger partial charge in [0.2, 0.25) is 0 Å². The molecule has 0 heterocycles. The Labute approximate surface area is 92.2 Å². The van der Waals surface area contributed by atoms with E-state index in [1.807, 2.05) is 12.2 Å². The number of rotatable bonds is 2. The summed E-state index contributed by atoms with van der Waals surface area (Å²) in [7, 11) is 0. The Morgan fingerprint density at radius 1 is 1.19 bits per heavy atom. The number of hydrogen-bond donors (Lipinski definition) is 1. The van der Waals surface area contributed by atoms with Crippen molar-refractivity contribution in [3.8, 4) is 6.07 Å². The number of halogens is 2. The topological polar surface area (TPSA) is 35.8 Å². The molecule has 82 valence electrons. The fourth-order valence-electron chi connectivity index (χ4n) is 1.71. The molecule has 1 aliphatic rings. The average Bonchev–Trinajstić information content (AvgIpc) is 2.75. The Hall–Kier alpha value is -1.89. The summed E-state index contributed by atoms with van der Waals surface area (Å²) in [6.45, 7) is 0. The van der Waals surface area contributed by atoms with Crippen LogP contribution in [0.25, 0.3) is 0 Å². The third kappa shape index (κ3) is 2.03. The lowest BCUT2D eigenvalue weighted by Crippen LogP contribution is -2.17. The maximum Gasteiger partial charge on any atom is 0.150 e. The molecule has 0 aliphatic heterocycles. The highest BCUT2D eigenvalue weighted by Crippen LogP contribution is 2.24. The van der Waals surface area contributed by atoms with Crippen LogP contribution in [0.15, 0.2) is 24.3 Å². The van der Waals surface area contributed by atoms with Crippen molar-refractivity contribution < 1.29 is 8.78 Å². The molecule has 2 rings (SSSR count). The molecule has 0 amide bonds. The van der Waals surface area contributed by atoms with Gasteiger partial charge in [-0.3, -0.25) is 0 Å². The number of anilines is 1. The minimum atomic E-state index is -0.719. The molecule has 4 heteroatoms. The van der Waals surface area contributed by atoms with Gasteiger partial charge in [0.25, 0.3) is 0 Å². The van der Waals surface area contributed by atoms with E-state index in [9.17, 15) is 8.78 Å². The molecule has 0 atom stereocenters. The summed E-state index contributed by atoms with van der Waals surface area (Å²) in [5.74, 6) is -1.44. The number of hydrogen-bond acceptors (Lipinski definition) is 2. The Kier molecular flexibility index (Phi) is 2.86. The highest BCUT2D eigenvalue weighted by Gasteiger charge is 2.16. The van der Waals surface area contributed by atoms with Crippen molar-refractivity contribution in [1.82, 2.24) is 0 Å². The van der Waals surface area contributed by atoms with Gasteiger partial charge < -0.3 is 5.32 Å². The molecular weight excluding hydrogens is 210 g/mol. The average molecular weight is 220 g/mol. The third-order valence-electron chi connectivity index (χ3n) is 2.53. The zero-order valence-electron chi connectivity index (χ0n) is 8.50. The second-order valence-corrected chi connectivity index (χ2v) is 3.71. The maximum atomic E-state index is 13.5. The van der Waals surface area contributed by atoms with E-state index < -0.39 is 11.6 Å². The van der Waals surface area contributed by atoms with Gasteiger partial charge >= 0.3 is 0 Å². The summed E-state index contributed by atoms with van der Waals surface area (Å²) in [5.41, 5.74) is -0.155. The summed E-state index contributed by atoms with van der Waals surface area (Å²) >= 11 is 0. The zero-order valence-corrected chi connectivity index (χ0v) is 8.50. The lowest BCUT2D eigenvalue weighted by Gasteiger charge is -2.15. The van der Waals surface area contributed by atoms with Crippen LogP contribution in [0.3, 0.4) is 0 Å². The van der Waals surface area contributed by atoms with Gasteiger partial charge in [0.15, 0.2) is 11.6 Å². The van der Waals surface area contributed by atoms with Crippen molar-refractivity contribution in [2.45, 2.75) is 18.9 Å². The van der Waals surface area contributed by atoms with Gasteiger partial charge in [0.05, 0.1) is 11.6 Å². The molecule has 0 fully saturated rings. The molecule has 16 heavy (non-hydrogen) atoms. The van der Waals surface area contributed by atoms with E-state index in [0.29, 0.717) is 0 Å². The first-order valence-electron chi connectivity index (χ1n) is 5.01. The first-order chi connectivity index (χ1) is 7.70. The molecule has 1 aliphatic carbocycles. The van der Waals surface area contributed by atoms with Crippen molar-refractivity contribution >= 4 is 5.69 Å². The van der Waals surface area contributed by atoms with Crippen molar-refractivity contribution in [2.75, 3.05) is 5.32 Å². The lowest BCUT2D eigenvalue weighted by atomic mass is 10.1. The normalized spacial score (nSPS) is 15.1. The molecule has 0 saturated carbocycles. The Bertz CT molecular complexity index is 443. The van der Waals surface area contributed by atoms with E-state index in [1.54, 1.807) is 6.07 Å². The molecule has 2 nitrogen and oxygen atoms in total. The predicted octanol–water partition coefficient (Wildman–Crippen LogP) is 2.97. The minimum Gasteiger partial charge on any atom is -0.377 e. The molecule has 1 aromatic carbocycles. The smallest absolute Gasteiger partial charge is 0.150 e. The molecule has 0 radical (unpaired) electrons. The highest BCUT2D eigenvalue weighted by molar-refractivity contribution is 5.51. The quantitative estimate of drug-likeness (QED) is 0.778. The van der Waals surface area contributed by atoms with E-state index in [-0.39, 0.29) is 17.3 Å². The van der Waals surface area contributed by atoms with Crippen LogP contribution in [0.4, 0.5) is 14.5 Å². The standard InChI is InChI=1S/C12H10F2N2/c13-10-5-8(7-15)6-11(14)12(10)16-9-3-1-2-4-9/h1-2,5-6,9,16H,3-4H2. The minimum absolute atomic E-state index is 0.00917. The van der Waals surface area contributed by atoms with Crippen LogP contribution in [0.1, 0.15) is 18.4 Å². The maximum absolute atomic E-state index is 13.5. The Morgan fingerprint density at radius 3 is 2.25 bits per heavy atom. The van der Waals surface area contributed by atoms with Gasteiger partial charge in [-0.1, -0.05) is 12.2 Å². The Balaban J connectivity index is 2.24. The predicted molar refractivity (Wildman–Crippen MR) is 56.9 cm³/mol. The molecule has 1 aromatic rings. The van der Waals surface area contributed by atoms with Crippen LogP contribution in [-0.2, 0) is 0 Å². The third-order valence-corrected chi connectivity index (χ3v) is 2.53. The second-order valence-electron chi connectivity index (χ2n) is 3.71. The summed E-state index contributed by atoms with van der Waals surface area (Å²) < 4.78 is 27.0. The lowest BCUT2D eigenvalue weighted by molar-refractivity contribution is 0.581. The van der Waals surface area contributed by atoms with Gasteiger partial charge in [-0.15, -0.1) is 0 Å². The second kappa shape index (κ2) is 4.31. The molecule has 0 aromatic heterocycles.